The molecule has 0 fully saturated rings. The number of ether oxygens (including phenoxy) is 1. The second kappa shape index (κ2) is 8.56. The zero-order valence-electron chi connectivity index (χ0n) is 9.01. The van der Waals surface area contributed by atoms with Crippen LogP contribution in [0.15, 0.2) is 18.2 Å². The van der Waals surface area contributed by atoms with Crippen LogP contribution in [0.25, 0.3) is 0 Å². The van der Waals surface area contributed by atoms with Gasteiger partial charge in [0, 0.05) is 5.75 Å². The van der Waals surface area contributed by atoms with Gasteiger partial charge in [-0.2, -0.15) is 18.2 Å². The van der Waals surface area contributed by atoms with Crippen molar-refractivity contribution in [1.82, 2.24) is 0 Å². The van der Waals surface area contributed by atoms with E-state index in [1.54, 1.807) is 0 Å². The molecule has 0 saturated heterocycles. The molecule has 0 bridgehead atoms. The van der Waals surface area contributed by atoms with E-state index in [-0.39, 0.29) is 46.1 Å². The summed E-state index contributed by atoms with van der Waals surface area (Å²) >= 11 is 0. The maximum atomic E-state index is 5.64. The molecule has 0 N–H and O–H groups in total. The first-order valence-corrected chi connectivity index (χ1v) is 4.38. The number of hydrogen-bond donors (Lipinski definition) is 0. The Morgan fingerprint density at radius 2 is 2.14 bits per heavy atom. The molecule has 1 atom stereocenters. The number of halogens is 1. The molecule has 0 saturated carbocycles. The Morgan fingerprint density at radius 3 is 2.64 bits per heavy atom. The molecule has 0 aliphatic rings. The molecule has 1 unspecified atom stereocenters. The molecule has 0 aliphatic heterocycles. The third kappa shape index (κ3) is 5.22. The Bertz CT molecular complexity index is 253. The SMILES string of the molecule is CCC(C)Oc1[c-]cccc1C.[Br-].[Mg+2]. The monoisotopic (exact) mass is 266 g/mol. The van der Waals surface area contributed by atoms with E-state index >= 15 is 0 Å². The van der Waals surface area contributed by atoms with Crippen molar-refractivity contribution in [2.24, 2.45) is 0 Å². The van der Waals surface area contributed by atoms with E-state index in [1.807, 2.05) is 25.1 Å². The molecular formula is C11H15BrMgO. The van der Waals surface area contributed by atoms with Crippen molar-refractivity contribution in [3.8, 4) is 5.75 Å². The van der Waals surface area contributed by atoms with Gasteiger partial charge < -0.3 is 21.7 Å². The first-order valence-electron chi connectivity index (χ1n) is 4.38. The molecule has 74 valence electrons. The number of rotatable bonds is 3. The van der Waals surface area contributed by atoms with E-state index in [9.17, 15) is 0 Å². The van der Waals surface area contributed by atoms with Crippen molar-refractivity contribution in [2.45, 2.75) is 33.3 Å². The summed E-state index contributed by atoms with van der Waals surface area (Å²) in [6.45, 7) is 6.22. The van der Waals surface area contributed by atoms with Gasteiger partial charge in [-0.05, 0) is 13.3 Å². The van der Waals surface area contributed by atoms with Gasteiger partial charge in [-0.3, -0.25) is 0 Å². The molecular weight excluding hydrogens is 252 g/mol. The van der Waals surface area contributed by atoms with Gasteiger partial charge in [0.15, 0.2) is 0 Å². The number of para-hydroxylation sites is 1. The van der Waals surface area contributed by atoms with Gasteiger partial charge in [0.05, 0.1) is 6.10 Å². The van der Waals surface area contributed by atoms with Gasteiger partial charge in [-0.1, -0.05) is 13.8 Å². The largest absolute Gasteiger partial charge is 2.00 e. The van der Waals surface area contributed by atoms with Crippen molar-refractivity contribution in [2.75, 3.05) is 0 Å². The van der Waals surface area contributed by atoms with Gasteiger partial charge in [0.1, 0.15) is 0 Å². The molecule has 0 amide bonds. The minimum Gasteiger partial charge on any atom is -1.00 e. The Morgan fingerprint density at radius 1 is 1.50 bits per heavy atom. The van der Waals surface area contributed by atoms with Crippen LogP contribution in [0.4, 0.5) is 0 Å². The molecule has 0 aromatic heterocycles. The summed E-state index contributed by atoms with van der Waals surface area (Å²) in [5.41, 5.74) is 1.15. The second-order valence-corrected chi connectivity index (χ2v) is 3.02. The van der Waals surface area contributed by atoms with Crippen LogP contribution >= 0.6 is 0 Å². The minimum atomic E-state index is 0. The summed E-state index contributed by atoms with van der Waals surface area (Å²) in [6, 6.07) is 8.97. The Labute approximate surface area is 113 Å². The smallest absolute Gasteiger partial charge is 1.00 e. The predicted octanol–water partition coefficient (Wildman–Crippen LogP) is -0.404. The van der Waals surface area contributed by atoms with Gasteiger partial charge >= 0.3 is 23.1 Å². The molecule has 1 nitrogen and oxygen atoms in total. The number of benzene rings is 1. The second-order valence-electron chi connectivity index (χ2n) is 3.02. The fourth-order valence-corrected chi connectivity index (χ4v) is 0.917. The molecule has 14 heavy (non-hydrogen) atoms. The summed E-state index contributed by atoms with van der Waals surface area (Å²) in [5.74, 6) is 0.881. The van der Waals surface area contributed by atoms with Crippen LogP contribution in [0.3, 0.4) is 0 Å². The van der Waals surface area contributed by atoms with E-state index in [0.717, 1.165) is 17.7 Å². The summed E-state index contributed by atoms with van der Waals surface area (Å²) in [4.78, 5) is 0. The average Bonchev–Trinajstić information content (AvgIpc) is 2.09. The normalized spacial score (nSPS) is 10.8. The predicted molar refractivity (Wildman–Crippen MR) is 56.2 cm³/mol. The third-order valence-electron chi connectivity index (χ3n) is 1.91. The Kier molecular flexibility index (Phi) is 10.2. The summed E-state index contributed by atoms with van der Waals surface area (Å²) in [5, 5.41) is 0. The molecule has 0 heterocycles. The van der Waals surface area contributed by atoms with Crippen LogP contribution < -0.4 is 21.7 Å². The number of aryl methyl sites for hydroxylation is 1. The van der Waals surface area contributed by atoms with Gasteiger partial charge in [0.2, 0.25) is 0 Å². The van der Waals surface area contributed by atoms with Gasteiger partial charge in [-0.25, -0.2) is 0 Å². The Balaban J connectivity index is 0. The van der Waals surface area contributed by atoms with Crippen LogP contribution in [-0.4, -0.2) is 29.2 Å². The quantitative estimate of drug-likeness (QED) is 0.535. The maximum Gasteiger partial charge on any atom is 2.00 e. The van der Waals surface area contributed by atoms with Gasteiger partial charge in [0.25, 0.3) is 0 Å². The van der Waals surface area contributed by atoms with E-state index in [2.05, 4.69) is 19.9 Å². The van der Waals surface area contributed by atoms with Crippen molar-refractivity contribution in [3.05, 3.63) is 29.8 Å². The molecule has 3 heteroatoms. The fourth-order valence-electron chi connectivity index (χ4n) is 0.917. The zero-order chi connectivity index (χ0) is 8.97. The van der Waals surface area contributed by atoms with Crippen LogP contribution in [0, 0.1) is 13.0 Å². The number of hydrogen-bond acceptors (Lipinski definition) is 1. The van der Waals surface area contributed by atoms with Crippen molar-refractivity contribution >= 4 is 23.1 Å². The minimum absolute atomic E-state index is 0. The standard InChI is InChI=1S/C11H15O.BrH.Mg/c1-4-10(3)12-11-8-6-5-7-9(11)2;;/h5-7,10H,4H2,1-3H3;1H;/q-1;;+2/p-1. The summed E-state index contributed by atoms with van der Waals surface area (Å²) < 4.78 is 5.64. The van der Waals surface area contributed by atoms with Gasteiger partial charge in [-0.15, -0.1) is 11.6 Å². The zero-order valence-corrected chi connectivity index (χ0v) is 12.0. The van der Waals surface area contributed by atoms with Crippen LogP contribution in [0.2, 0.25) is 0 Å². The Hall–Kier alpha value is 0.266. The molecule has 0 spiro atoms. The third-order valence-corrected chi connectivity index (χ3v) is 1.91. The van der Waals surface area contributed by atoms with Crippen molar-refractivity contribution in [1.29, 1.82) is 0 Å². The summed E-state index contributed by atoms with van der Waals surface area (Å²) in [7, 11) is 0. The first-order chi connectivity index (χ1) is 5.74. The van der Waals surface area contributed by atoms with E-state index in [4.69, 9.17) is 4.74 Å². The fraction of sp³-hybridized carbons (Fsp3) is 0.455. The topological polar surface area (TPSA) is 9.23 Å². The molecule has 1 aromatic rings. The first kappa shape index (κ1) is 16.7. The molecule has 1 rings (SSSR count). The van der Waals surface area contributed by atoms with Crippen LogP contribution in [0.5, 0.6) is 5.75 Å². The molecule has 0 radical (unpaired) electrons. The van der Waals surface area contributed by atoms with Crippen molar-refractivity contribution < 1.29 is 21.7 Å². The average molecular weight is 267 g/mol. The molecule has 1 aromatic carbocycles. The molecule has 0 aliphatic carbocycles. The van der Waals surface area contributed by atoms with E-state index < -0.39 is 0 Å². The van der Waals surface area contributed by atoms with Crippen LogP contribution in [-0.2, 0) is 0 Å². The van der Waals surface area contributed by atoms with Crippen LogP contribution in [0.1, 0.15) is 25.8 Å². The summed E-state index contributed by atoms with van der Waals surface area (Å²) in [6.07, 6.45) is 1.31. The van der Waals surface area contributed by atoms with Crippen molar-refractivity contribution in [3.63, 3.8) is 0 Å². The van der Waals surface area contributed by atoms with E-state index in [1.165, 1.54) is 0 Å². The maximum absolute atomic E-state index is 5.64. The van der Waals surface area contributed by atoms with E-state index in [0.29, 0.717) is 0 Å².